The second kappa shape index (κ2) is 6.63. The van der Waals surface area contributed by atoms with Crippen LogP contribution in [0.2, 0.25) is 0 Å². The molecular weight excluding hydrogens is 252 g/mol. The molecule has 5 nitrogen and oxygen atoms in total. The lowest BCUT2D eigenvalue weighted by atomic mass is 10.0. The van der Waals surface area contributed by atoms with E-state index in [1.807, 2.05) is 20.8 Å². The Balaban J connectivity index is 2.66. The fraction of sp³-hybridized carbons (Fsp3) is 0.917. The number of carbonyl (C=O) groups is 1. The maximum Gasteiger partial charge on any atom is 0.327 e. The third-order valence-electron chi connectivity index (χ3n) is 3.05. The smallest absolute Gasteiger partial charge is 0.327 e. The van der Waals surface area contributed by atoms with E-state index in [4.69, 9.17) is 4.74 Å². The predicted octanol–water partition coefficient (Wildman–Crippen LogP) is -0.0196. The summed E-state index contributed by atoms with van der Waals surface area (Å²) in [6.45, 7) is 8.02. The first kappa shape index (κ1) is 15.6. The first-order valence-electron chi connectivity index (χ1n) is 6.31. The zero-order chi connectivity index (χ0) is 13.8. The van der Waals surface area contributed by atoms with Gasteiger partial charge in [-0.05, 0) is 20.8 Å². The highest BCUT2D eigenvalue weighted by molar-refractivity contribution is 7.85. The van der Waals surface area contributed by atoms with E-state index in [1.54, 1.807) is 0 Å². The van der Waals surface area contributed by atoms with E-state index >= 15 is 0 Å². The van der Waals surface area contributed by atoms with Crippen molar-refractivity contribution in [3.63, 3.8) is 0 Å². The number of methoxy groups -OCH3 is 1. The first-order valence-corrected chi connectivity index (χ1v) is 7.79. The normalized spacial score (nSPS) is 21.8. The van der Waals surface area contributed by atoms with Gasteiger partial charge in [-0.15, -0.1) is 0 Å². The summed E-state index contributed by atoms with van der Waals surface area (Å²) in [6, 6.07) is 0.202. The third-order valence-corrected chi connectivity index (χ3v) is 4.33. The Bertz CT molecular complexity index is 312. The van der Waals surface area contributed by atoms with Crippen molar-refractivity contribution in [2.24, 2.45) is 0 Å². The average molecular weight is 276 g/mol. The van der Waals surface area contributed by atoms with Gasteiger partial charge in [0, 0.05) is 48.0 Å². The summed E-state index contributed by atoms with van der Waals surface area (Å²) in [5.74, 6) is 1.14. The largest absolute Gasteiger partial charge is 0.468 e. The quantitative estimate of drug-likeness (QED) is 0.715. The molecule has 0 aliphatic carbocycles. The molecule has 106 valence electrons. The van der Waals surface area contributed by atoms with E-state index in [-0.39, 0.29) is 12.0 Å². The summed E-state index contributed by atoms with van der Waals surface area (Å²) in [5.41, 5.74) is -0.707. The van der Waals surface area contributed by atoms with Gasteiger partial charge in [0.1, 0.15) is 5.54 Å². The molecule has 0 spiro atoms. The lowest BCUT2D eigenvalue weighted by Crippen LogP contribution is -2.60. The molecule has 1 N–H and O–H groups in total. The molecular formula is C12H24N2O3S. The monoisotopic (exact) mass is 276 g/mol. The lowest BCUT2D eigenvalue weighted by Gasteiger charge is -2.36. The summed E-state index contributed by atoms with van der Waals surface area (Å²) >= 11 is 0. The second-order valence-corrected chi connectivity index (χ2v) is 6.94. The summed E-state index contributed by atoms with van der Waals surface area (Å²) in [6.07, 6.45) is 0. The molecule has 0 saturated carbocycles. The van der Waals surface area contributed by atoms with Crippen molar-refractivity contribution < 1.29 is 13.7 Å². The van der Waals surface area contributed by atoms with Crippen molar-refractivity contribution in [1.29, 1.82) is 0 Å². The van der Waals surface area contributed by atoms with Crippen molar-refractivity contribution in [1.82, 2.24) is 10.2 Å². The van der Waals surface area contributed by atoms with Crippen LogP contribution in [0.3, 0.4) is 0 Å². The van der Waals surface area contributed by atoms with Crippen LogP contribution in [-0.4, -0.2) is 64.9 Å². The number of hydrogen-bond donors (Lipinski definition) is 1. The molecule has 1 unspecified atom stereocenters. The molecule has 1 aliphatic heterocycles. The molecule has 1 rings (SSSR count). The summed E-state index contributed by atoms with van der Waals surface area (Å²) in [4.78, 5) is 14.1. The molecule has 0 aromatic rings. The highest BCUT2D eigenvalue weighted by atomic mass is 32.2. The zero-order valence-corrected chi connectivity index (χ0v) is 12.5. The minimum absolute atomic E-state index is 0.202. The van der Waals surface area contributed by atoms with Crippen molar-refractivity contribution in [3.8, 4) is 0 Å². The van der Waals surface area contributed by atoms with Crippen LogP contribution in [0.5, 0.6) is 0 Å². The van der Waals surface area contributed by atoms with E-state index in [2.05, 4.69) is 10.2 Å². The van der Waals surface area contributed by atoms with Gasteiger partial charge in [0.25, 0.3) is 0 Å². The number of ether oxygens (including phenoxy) is 1. The molecule has 0 bridgehead atoms. The fourth-order valence-electron chi connectivity index (χ4n) is 2.31. The Hall–Kier alpha value is -0.460. The van der Waals surface area contributed by atoms with Gasteiger partial charge in [0.2, 0.25) is 0 Å². The van der Waals surface area contributed by atoms with Crippen LogP contribution >= 0.6 is 0 Å². The van der Waals surface area contributed by atoms with Crippen LogP contribution in [0.15, 0.2) is 0 Å². The van der Waals surface area contributed by atoms with Gasteiger partial charge < -0.3 is 4.74 Å². The van der Waals surface area contributed by atoms with Gasteiger partial charge in [0.05, 0.1) is 7.11 Å². The number of nitrogens with one attached hydrogen (secondary N) is 1. The molecule has 1 atom stereocenters. The minimum atomic E-state index is -0.707. The fourth-order valence-corrected chi connectivity index (χ4v) is 3.44. The number of rotatable bonds is 5. The molecule has 6 heteroatoms. The van der Waals surface area contributed by atoms with Gasteiger partial charge in [-0.1, -0.05) is 0 Å². The zero-order valence-electron chi connectivity index (χ0n) is 11.7. The topological polar surface area (TPSA) is 58.6 Å². The van der Waals surface area contributed by atoms with Crippen molar-refractivity contribution in [2.75, 3.05) is 38.2 Å². The standard InChI is InChI=1S/C12H24N2O3S/c1-10(2)13-12(3,11(15)17-4)9-14-5-7-18(16)8-6-14/h10,13H,5-9H2,1-4H3. The molecule has 1 heterocycles. The van der Waals surface area contributed by atoms with Gasteiger partial charge in [-0.2, -0.15) is 0 Å². The van der Waals surface area contributed by atoms with E-state index in [9.17, 15) is 9.00 Å². The first-order chi connectivity index (χ1) is 8.37. The molecule has 1 fully saturated rings. The van der Waals surface area contributed by atoms with Crippen LogP contribution in [-0.2, 0) is 20.3 Å². The Morgan fingerprint density at radius 1 is 1.44 bits per heavy atom. The number of nitrogens with zero attached hydrogens (tertiary/aromatic N) is 1. The molecule has 18 heavy (non-hydrogen) atoms. The minimum Gasteiger partial charge on any atom is -0.468 e. The number of carbonyl (C=O) groups excluding carboxylic acids is 1. The molecule has 0 aromatic heterocycles. The molecule has 0 aromatic carbocycles. The SMILES string of the molecule is COC(=O)C(C)(CN1CCS(=O)CC1)NC(C)C. The number of hydrogen-bond acceptors (Lipinski definition) is 5. The average Bonchev–Trinajstić information content (AvgIpc) is 2.30. The highest BCUT2D eigenvalue weighted by Crippen LogP contribution is 2.12. The van der Waals surface area contributed by atoms with Crippen LogP contribution < -0.4 is 5.32 Å². The molecule has 1 saturated heterocycles. The maximum atomic E-state index is 11.9. The van der Waals surface area contributed by atoms with Gasteiger partial charge in [-0.3, -0.25) is 19.2 Å². The Morgan fingerprint density at radius 3 is 2.44 bits per heavy atom. The van der Waals surface area contributed by atoms with Crippen molar-refractivity contribution in [2.45, 2.75) is 32.4 Å². The number of esters is 1. The van der Waals surface area contributed by atoms with Crippen molar-refractivity contribution >= 4 is 16.8 Å². The summed E-state index contributed by atoms with van der Waals surface area (Å²) < 4.78 is 16.2. The lowest BCUT2D eigenvalue weighted by molar-refractivity contribution is -0.149. The van der Waals surface area contributed by atoms with Gasteiger partial charge in [-0.25, -0.2) is 0 Å². The summed E-state index contributed by atoms with van der Waals surface area (Å²) in [7, 11) is 0.720. The highest BCUT2D eigenvalue weighted by Gasteiger charge is 2.37. The van der Waals surface area contributed by atoms with Crippen LogP contribution in [0.4, 0.5) is 0 Å². The predicted molar refractivity (Wildman–Crippen MR) is 73.0 cm³/mol. The maximum absolute atomic E-state index is 11.9. The van der Waals surface area contributed by atoms with Crippen LogP contribution in [0, 0.1) is 0 Å². The van der Waals surface area contributed by atoms with Gasteiger partial charge >= 0.3 is 5.97 Å². The van der Waals surface area contributed by atoms with Crippen LogP contribution in [0.1, 0.15) is 20.8 Å². The van der Waals surface area contributed by atoms with E-state index < -0.39 is 16.3 Å². The van der Waals surface area contributed by atoms with Crippen LogP contribution in [0.25, 0.3) is 0 Å². The van der Waals surface area contributed by atoms with E-state index in [1.165, 1.54) is 7.11 Å². The van der Waals surface area contributed by atoms with E-state index in [0.29, 0.717) is 18.1 Å². The van der Waals surface area contributed by atoms with Gasteiger partial charge in [0.15, 0.2) is 0 Å². The summed E-state index contributed by atoms with van der Waals surface area (Å²) in [5, 5.41) is 3.27. The second-order valence-electron chi connectivity index (χ2n) is 5.25. The Kier molecular flexibility index (Phi) is 5.75. The van der Waals surface area contributed by atoms with E-state index in [0.717, 1.165) is 13.1 Å². The molecule has 0 radical (unpaired) electrons. The Labute approximate surface area is 112 Å². The van der Waals surface area contributed by atoms with Crippen molar-refractivity contribution in [3.05, 3.63) is 0 Å². The molecule has 1 aliphatic rings. The molecule has 0 amide bonds. The Morgan fingerprint density at radius 2 is 2.00 bits per heavy atom. The third kappa shape index (κ3) is 4.33.